The summed E-state index contributed by atoms with van der Waals surface area (Å²) >= 11 is 0. The fraction of sp³-hybridized carbons (Fsp3) is 0.714. The van der Waals surface area contributed by atoms with Gasteiger partial charge >= 0.3 is 11.9 Å². The van der Waals surface area contributed by atoms with Crippen LogP contribution >= 0.6 is 0 Å². The van der Waals surface area contributed by atoms with Crippen LogP contribution in [0.3, 0.4) is 0 Å². The van der Waals surface area contributed by atoms with Crippen molar-refractivity contribution < 1.29 is 23.8 Å². The van der Waals surface area contributed by atoms with E-state index in [1.807, 2.05) is 6.08 Å². The van der Waals surface area contributed by atoms with Crippen molar-refractivity contribution >= 4 is 11.9 Å². The lowest BCUT2D eigenvalue weighted by atomic mass is 9.84. The quantitative estimate of drug-likeness (QED) is 0.436. The highest BCUT2D eigenvalue weighted by Crippen LogP contribution is 2.32. The monoisotopic (exact) mass is 270 g/mol. The first-order valence-electron chi connectivity index (χ1n) is 6.56. The highest BCUT2D eigenvalue weighted by Gasteiger charge is 2.29. The minimum absolute atomic E-state index is 0.337. The average molecular weight is 270 g/mol. The van der Waals surface area contributed by atoms with Gasteiger partial charge in [-0.3, -0.25) is 9.59 Å². The number of methoxy groups -OCH3 is 1. The normalized spacial score (nSPS) is 18.5. The molecule has 0 radical (unpaired) electrons. The molecule has 1 aliphatic rings. The molecular formula is C14H22O5. The maximum absolute atomic E-state index is 11.0. The van der Waals surface area contributed by atoms with Gasteiger partial charge in [0, 0.05) is 21.0 Å². The minimum atomic E-state index is -0.982. The van der Waals surface area contributed by atoms with Crippen LogP contribution < -0.4 is 0 Å². The smallest absolute Gasteiger partial charge is 0.305 e. The van der Waals surface area contributed by atoms with Crippen LogP contribution in [-0.2, 0) is 23.8 Å². The standard InChI is InChI=1S/C14H22O5/c1-11(15)18-13(19-12(2)16)7-10-14(17-3)8-5-4-6-9-14/h7,10,13H,4-6,8-9H2,1-3H3/b10-7+. The van der Waals surface area contributed by atoms with Gasteiger partial charge < -0.3 is 14.2 Å². The van der Waals surface area contributed by atoms with E-state index in [1.165, 1.54) is 20.3 Å². The van der Waals surface area contributed by atoms with Crippen molar-refractivity contribution in [3.05, 3.63) is 12.2 Å². The maximum atomic E-state index is 11.0. The van der Waals surface area contributed by atoms with Gasteiger partial charge in [-0.2, -0.15) is 0 Å². The molecule has 0 aliphatic heterocycles. The Bertz CT molecular complexity index is 326. The van der Waals surface area contributed by atoms with Crippen LogP contribution in [-0.4, -0.2) is 30.9 Å². The summed E-state index contributed by atoms with van der Waals surface area (Å²) in [5.74, 6) is -0.989. The molecule has 108 valence electrons. The second-order valence-electron chi connectivity index (χ2n) is 4.78. The van der Waals surface area contributed by atoms with Crippen molar-refractivity contribution in [2.75, 3.05) is 7.11 Å². The Kier molecular flexibility index (Phi) is 6.02. The van der Waals surface area contributed by atoms with E-state index in [0.717, 1.165) is 25.7 Å². The van der Waals surface area contributed by atoms with E-state index in [2.05, 4.69) is 0 Å². The molecule has 5 nitrogen and oxygen atoms in total. The number of ether oxygens (including phenoxy) is 3. The number of hydrogen-bond acceptors (Lipinski definition) is 5. The Balaban J connectivity index is 2.71. The molecule has 0 heterocycles. The molecule has 1 saturated carbocycles. The fourth-order valence-corrected chi connectivity index (χ4v) is 2.27. The molecule has 1 fully saturated rings. The molecule has 0 atom stereocenters. The first-order valence-corrected chi connectivity index (χ1v) is 6.56. The average Bonchev–Trinajstić information content (AvgIpc) is 2.36. The lowest BCUT2D eigenvalue weighted by Gasteiger charge is -2.33. The first-order chi connectivity index (χ1) is 8.97. The van der Waals surface area contributed by atoms with Gasteiger partial charge in [0.2, 0.25) is 0 Å². The van der Waals surface area contributed by atoms with Crippen molar-refractivity contribution in [1.82, 2.24) is 0 Å². The molecule has 1 rings (SSSR count). The molecule has 0 aromatic rings. The Labute approximate surface area is 113 Å². The van der Waals surface area contributed by atoms with E-state index in [4.69, 9.17) is 14.2 Å². The molecule has 0 amide bonds. The molecule has 1 aliphatic carbocycles. The van der Waals surface area contributed by atoms with Crippen molar-refractivity contribution in [3.8, 4) is 0 Å². The Morgan fingerprint density at radius 2 is 1.58 bits per heavy atom. The lowest BCUT2D eigenvalue weighted by molar-refractivity contribution is -0.176. The summed E-state index contributed by atoms with van der Waals surface area (Å²) in [5, 5.41) is 0. The second kappa shape index (κ2) is 7.28. The van der Waals surface area contributed by atoms with Crippen LogP contribution in [0.2, 0.25) is 0 Å². The lowest BCUT2D eigenvalue weighted by Crippen LogP contribution is -2.32. The van der Waals surface area contributed by atoms with Gasteiger partial charge in [0.25, 0.3) is 6.29 Å². The van der Waals surface area contributed by atoms with Gasteiger partial charge in [0.05, 0.1) is 5.60 Å². The molecule has 0 saturated heterocycles. The van der Waals surface area contributed by atoms with Crippen molar-refractivity contribution in [3.63, 3.8) is 0 Å². The van der Waals surface area contributed by atoms with Crippen LogP contribution in [0.4, 0.5) is 0 Å². The summed E-state index contributed by atoms with van der Waals surface area (Å²) < 4.78 is 15.4. The van der Waals surface area contributed by atoms with E-state index < -0.39 is 18.2 Å². The third-order valence-corrected chi connectivity index (χ3v) is 3.23. The molecule has 0 bridgehead atoms. The summed E-state index contributed by atoms with van der Waals surface area (Å²) in [6, 6.07) is 0. The zero-order valence-corrected chi connectivity index (χ0v) is 11.8. The minimum Gasteiger partial charge on any atom is -0.421 e. The summed E-state index contributed by atoms with van der Waals surface area (Å²) in [7, 11) is 1.67. The van der Waals surface area contributed by atoms with Gasteiger partial charge in [-0.25, -0.2) is 0 Å². The summed E-state index contributed by atoms with van der Waals surface area (Å²) in [6.45, 7) is 2.55. The van der Waals surface area contributed by atoms with Crippen LogP contribution in [0, 0.1) is 0 Å². The summed E-state index contributed by atoms with van der Waals surface area (Å²) in [4.78, 5) is 21.9. The highest BCUT2D eigenvalue weighted by molar-refractivity contribution is 5.68. The molecule has 0 aromatic heterocycles. The Hall–Kier alpha value is -1.36. The van der Waals surface area contributed by atoms with Crippen LogP contribution in [0.5, 0.6) is 0 Å². The van der Waals surface area contributed by atoms with Gasteiger partial charge in [0.1, 0.15) is 0 Å². The largest absolute Gasteiger partial charge is 0.421 e. The molecule has 5 heteroatoms. The number of hydrogen-bond donors (Lipinski definition) is 0. The van der Waals surface area contributed by atoms with Crippen LogP contribution in [0.25, 0.3) is 0 Å². The van der Waals surface area contributed by atoms with E-state index in [-0.39, 0.29) is 5.60 Å². The topological polar surface area (TPSA) is 61.8 Å². The number of carbonyl (C=O) groups excluding carboxylic acids is 2. The zero-order chi connectivity index (χ0) is 14.3. The van der Waals surface area contributed by atoms with Gasteiger partial charge in [-0.05, 0) is 25.0 Å². The molecule has 19 heavy (non-hydrogen) atoms. The van der Waals surface area contributed by atoms with E-state index >= 15 is 0 Å². The van der Waals surface area contributed by atoms with Crippen molar-refractivity contribution in [1.29, 1.82) is 0 Å². The SMILES string of the molecule is COC1(/C=C/C(OC(C)=O)OC(C)=O)CCCCC1. The van der Waals surface area contributed by atoms with E-state index in [9.17, 15) is 9.59 Å². The van der Waals surface area contributed by atoms with E-state index in [1.54, 1.807) is 13.2 Å². The maximum Gasteiger partial charge on any atom is 0.305 e. The summed E-state index contributed by atoms with van der Waals surface area (Å²) in [5.41, 5.74) is -0.337. The zero-order valence-electron chi connectivity index (χ0n) is 11.8. The van der Waals surface area contributed by atoms with Gasteiger partial charge in [0.15, 0.2) is 0 Å². The molecule has 0 unspecified atom stereocenters. The molecule has 0 aromatic carbocycles. The predicted molar refractivity (Wildman–Crippen MR) is 69.3 cm³/mol. The Morgan fingerprint density at radius 3 is 2.00 bits per heavy atom. The van der Waals surface area contributed by atoms with Crippen molar-refractivity contribution in [2.24, 2.45) is 0 Å². The summed E-state index contributed by atoms with van der Waals surface area (Å²) in [6.07, 6.45) is 7.70. The van der Waals surface area contributed by atoms with Crippen molar-refractivity contribution in [2.45, 2.75) is 57.8 Å². The number of carbonyl (C=O) groups is 2. The van der Waals surface area contributed by atoms with Crippen LogP contribution in [0.1, 0.15) is 46.0 Å². The first kappa shape index (κ1) is 15.7. The second-order valence-corrected chi connectivity index (χ2v) is 4.78. The van der Waals surface area contributed by atoms with E-state index in [0.29, 0.717) is 0 Å². The molecule has 0 N–H and O–H groups in total. The molecular weight excluding hydrogens is 248 g/mol. The van der Waals surface area contributed by atoms with Crippen LogP contribution in [0.15, 0.2) is 12.2 Å². The molecule has 0 spiro atoms. The number of esters is 2. The highest BCUT2D eigenvalue weighted by atomic mass is 16.7. The number of rotatable bonds is 5. The predicted octanol–water partition coefficient (Wildman–Crippen LogP) is 2.34. The van der Waals surface area contributed by atoms with Gasteiger partial charge in [-0.15, -0.1) is 0 Å². The Morgan fingerprint density at radius 1 is 1.05 bits per heavy atom. The fourth-order valence-electron chi connectivity index (χ4n) is 2.27. The third-order valence-electron chi connectivity index (χ3n) is 3.23. The van der Waals surface area contributed by atoms with Gasteiger partial charge in [-0.1, -0.05) is 19.3 Å². The third kappa shape index (κ3) is 5.42.